The number of aryl methyl sites for hydroxylation is 2. The molecule has 0 saturated heterocycles. The first kappa shape index (κ1) is 12.4. The fourth-order valence-electron chi connectivity index (χ4n) is 5.74. The van der Waals surface area contributed by atoms with Crippen LogP contribution in [0, 0.1) is 43.4 Å². The molecule has 0 spiro atoms. The molecule has 0 radical (unpaired) electrons. The van der Waals surface area contributed by atoms with Crippen LogP contribution in [0.4, 0.5) is 0 Å². The van der Waals surface area contributed by atoms with E-state index >= 15 is 0 Å². The van der Waals surface area contributed by atoms with E-state index in [2.05, 4.69) is 19.9 Å². The smallest absolute Gasteiger partial charge is 0.0339 e. The third-order valence-corrected chi connectivity index (χ3v) is 7.13. The standard InChI is InChI=1S/C17H25NS/c1-9-3-15(10(2)19-9)17(18)16-13-5-11-4-12(7-13)8-14(16)6-11/h3,11-14,16-17H,4-8,18H2,1-2H3. The van der Waals surface area contributed by atoms with Crippen molar-refractivity contribution >= 4 is 11.3 Å². The molecule has 1 atom stereocenters. The third-order valence-electron chi connectivity index (χ3n) is 6.15. The molecule has 2 N–H and O–H groups in total. The zero-order valence-electron chi connectivity index (χ0n) is 12.1. The molecule has 0 aliphatic heterocycles. The van der Waals surface area contributed by atoms with Crippen LogP contribution in [0.2, 0.25) is 0 Å². The van der Waals surface area contributed by atoms with Crippen LogP contribution in [0.15, 0.2) is 6.07 Å². The maximum atomic E-state index is 6.74. The summed E-state index contributed by atoms with van der Waals surface area (Å²) in [7, 11) is 0. The maximum absolute atomic E-state index is 6.74. The molecular formula is C17H25NS. The van der Waals surface area contributed by atoms with E-state index in [-0.39, 0.29) is 0 Å². The van der Waals surface area contributed by atoms with Gasteiger partial charge in [0.05, 0.1) is 0 Å². The second kappa shape index (κ2) is 4.33. The lowest BCUT2D eigenvalue weighted by atomic mass is 9.50. The molecule has 4 saturated carbocycles. The quantitative estimate of drug-likeness (QED) is 0.848. The number of nitrogens with two attached hydrogens (primary N) is 1. The van der Waals surface area contributed by atoms with E-state index in [0.717, 1.165) is 29.6 Å². The van der Waals surface area contributed by atoms with Gasteiger partial charge in [0.2, 0.25) is 0 Å². The average molecular weight is 275 g/mol. The van der Waals surface area contributed by atoms with E-state index in [9.17, 15) is 0 Å². The summed E-state index contributed by atoms with van der Waals surface area (Å²) < 4.78 is 0. The minimum Gasteiger partial charge on any atom is -0.324 e. The van der Waals surface area contributed by atoms with Gasteiger partial charge in [-0.2, -0.15) is 0 Å². The van der Waals surface area contributed by atoms with E-state index in [4.69, 9.17) is 5.73 Å². The molecule has 0 aromatic carbocycles. The molecule has 4 fully saturated rings. The molecular weight excluding hydrogens is 250 g/mol. The average Bonchev–Trinajstić information content (AvgIpc) is 2.66. The van der Waals surface area contributed by atoms with Crippen molar-refractivity contribution in [3.05, 3.63) is 21.4 Å². The lowest BCUT2D eigenvalue weighted by Gasteiger charge is -2.56. The lowest BCUT2D eigenvalue weighted by molar-refractivity contribution is -0.0471. The van der Waals surface area contributed by atoms with Crippen molar-refractivity contribution < 1.29 is 0 Å². The second-order valence-electron chi connectivity index (χ2n) is 7.40. The first-order chi connectivity index (χ1) is 9.11. The van der Waals surface area contributed by atoms with Gasteiger partial charge in [-0.1, -0.05) is 0 Å². The van der Waals surface area contributed by atoms with E-state index in [0.29, 0.717) is 6.04 Å². The second-order valence-corrected chi connectivity index (χ2v) is 8.86. The van der Waals surface area contributed by atoms with Crippen LogP contribution in [-0.2, 0) is 0 Å². The summed E-state index contributed by atoms with van der Waals surface area (Å²) in [6.45, 7) is 4.47. The van der Waals surface area contributed by atoms with Crippen LogP contribution in [0.25, 0.3) is 0 Å². The van der Waals surface area contributed by atoms with Gasteiger partial charge >= 0.3 is 0 Å². The Bertz CT molecular complexity index is 461. The SMILES string of the molecule is Cc1cc(C(N)C2C3CC4CC(C3)CC2C4)c(C)s1. The van der Waals surface area contributed by atoms with Crippen LogP contribution in [0.5, 0.6) is 0 Å². The van der Waals surface area contributed by atoms with Crippen molar-refractivity contribution in [2.24, 2.45) is 35.3 Å². The first-order valence-electron chi connectivity index (χ1n) is 7.94. The molecule has 1 aromatic rings. The topological polar surface area (TPSA) is 26.0 Å². The molecule has 5 rings (SSSR count). The lowest BCUT2D eigenvalue weighted by Crippen LogP contribution is -2.48. The van der Waals surface area contributed by atoms with Crippen molar-refractivity contribution in [3.63, 3.8) is 0 Å². The van der Waals surface area contributed by atoms with Crippen LogP contribution >= 0.6 is 11.3 Å². The van der Waals surface area contributed by atoms with Gasteiger partial charge in [-0.15, -0.1) is 11.3 Å². The molecule has 0 amide bonds. The highest BCUT2D eigenvalue weighted by molar-refractivity contribution is 7.12. The summed E-state index contributed by atoms with van der Waals surface area (Å²) >= 11 is 1.92. The normalized spacial score (nSPS) is 41.7. The van der Waals surface area contributed by atoms with Gasteiger partial charge in [0.1, 0.15) is 0 Å². The Morgan fingerprint density at radius 3 is 2.11 bits per heavy atom. The van der Waals surface area contributed by atoms with Crippen LogP contribution in [-0.4, -0.2) is 0 Å². The Morgan fingerprint density at radius 1 is 1.05 bits per heavy atom. The third kappa shape index (κ3) is 1.91. The summed E-state index contributed by atoms with van der Waals surface area (Å²) in [6.07, 6.45) is 7.45. The minimum atomic E-state index is 0.306. The summed E-state index contributed by atoms with van der Waals surface area (Å²) in [5, 5.41) is 0. The highest BCUT2D eigenvalue weighted by Crippen LogP contribution is 2.59. The molecule has 1 unspecified atom stereocenters. The van der Waals surface area contributed by atoms with Crippen molar-refractivity contribution in [3.8, 4) is 0 Å². The molecule has 104 valence electrons. The fraction of sp³-hybridized carbons (Fsp3) is 0.765. The minimum absolute atomic E-state index is 0.306. The molecule has 1 aromatic heterocycles. The summed E-state index contributed by atoms with van der Waals surface area (Å²) in [6, 6.07) is 2.66. The summed E-state index contributed by atoms with van der Waals surface area (Å²) in [5.41, 5.74) is 8.20. The Kier molecular flexibility index (Phi) is 2.82. The van der Waals surface area contributed by atoms with E-state index in [1.54, 1.807) is 0 Å². The predicted octanol–water partition coefficient (Wildman–Crippen LogP) is 4.44. The Hall–Kier alpha value is -0.340. The van der Waals surface area contributed by atoms with E-state index in [1.165, 1.54) is 47.4 Å². The van der Waals surface area contributed by atoms with Crippen molar-refractivity contribution in [1.29, 1.82) is 0 Å². The summed E-state index contributed by atoms with van der Waals surface area (Å²) in [4.78, 5) is 2.88. The Labute approximate surface area is 120 Å². The van der Waals surface area contributed by atoms with Crippen LogP contribution < -0.4 is 5.73 Å². The Balaban J connectivity index is 1.63. The molecule has 4 bridgehead atoms. The number of thiophene rings is 1. The highest BCUT2D eigenvalue weighted by atomic mass is 32.1. The van der Waals surface area contributed by atoms with Crippen molar-refractivity contribution in [2.45, 2.75) is 52.0 Å². The fourth-order valence-corrected chi connectivity index (χ4v) is 6.72. The van der Waals surface area contributed by atoms with Gasteiger partial charge < -0.3 is 5.73 Å². The van der Waals surface area contributed by atoms with E-state index < -0.39 is 0 Å². The number of rotatable bonds is 2. The van der Waals surface area contributed by atoms with Gasteiger partial charge in [0, 0.05) is 15.8 Å². The van der Waals surface area contributed by atoms with Gasteiger partial charge in [-0.3, -0.25) is 0 Å². The van der Waals surface area contributed by atoms with E-state index in [1.807, 2.05) is 11.3 Å². The Morgan fingerprint density at radius 2 is 1.63 bits per heavy atom. The van der Waals surface area contributed by atoms with Gasteiger partial charge in [0.15, 0.2) is 0 Å². The van der Waals surface area contributed by atoms with Gasteiger partial charge in [-0.05, 0) is 87.2 Å². The first-order valence-corrected chi connectivity index (χ1v) is 8.76. The van der Waals surface area contributed by atoms with Crippen LogP contribution in [0.3, 0.4) is 0 Å². The monoisotopic (exact) mass is 275 g/mol. The molecule has 1 nitrogen and oxygen atoms in total. The highest BCUT2D eigenvalue weighted by Gasteiger charge is 2.50. The van der Waals surface area contributed by atoms with Gasteiger partial charge in [-0.25, -0.2) is 0 Å². The zero-order chi connectivity index (χ0) is 13.1. The van der Waals surface area contributed by atoms with Crippen molar-refractivity contribution in [1.82, 2.24) is 0 Å². The largest absolute Gasteiger partial charge is 0.324 e. The molecule has 4 aliphatic carbocycles. The number of hydrogen-bond acceptors (Lipinski definition) is 2. The molecule has 1 heterocycles. The molecule has 2 heteroatoms. The van der Waals surface area contributed by atoms with Gasteiger partial charge in [0.25, 0.3) is 0 Å². The molecule has 4 aliphatic rings. The maximum Gasteiger partial charge on any atom is 0.0339 e. The number of hydrogen-bond donors (Lipinski definition) is 1. The zero-order valence-corrected chi connectivity index (χ0v) is 12.9. The molecule has 19 heavy (non-hydrogen) atoms. The summed E-state index contributed by atoms with van der Waals surface area (Å²) in [5.74, 6) is 4.75. The van der Waals surface area contributed by atoms with Crippen LogP contribution in [0.1, 0.15) is 53.5 Å². The van der Waals surface area contributed by atoms with Crippen molar-refractivity contribution in [2.75, 3.05) is 0 Å². The predicted molar refractivity (Wildman–Crippen MR) is 81.3 cm³/mol.